The predicted octanol–water partition coefficient (Wildman–Crippen LogP) is 3.08. The van der Waals surface area contributed by atoms with Gasteiger partial charge in [-0.05, 0) is 51.7 Å². The number of ether oxygens (including phenoxy) is 3. The van der Waals surface area contributed by atoms with E-state index in [0.717, 1.165) is 5.56 Å². The molecule has 0 saturated heterocycles. The van der Waals surface area contributed by atoms with Crippen molar-refractivity contribution in [3.05, 3.63) is 45.9 Å². The van der Waals surface area contributed by atoms with Gasteiger partial charge in [0.05, 0.1) is 32.2 Å². The largest absolute Gasteiger partial charge is 0.503 e. The highest BCUT2D eigenvalue weighted by molar-refractivity contribution is 9.10. The number of aromatic hydroxyl groups is 1. The zero-order valence-electron chi connectivity index (χ0n) is 15.0. The van der Waals surface area contributed by atoms with Gasteiger partial charge in [-0.15, -0.1) is 0 Å². The summed E-state index contributed by atoms with van der Waals surface area (Å²) in [6, 6.07) is 9.05. The van der Waals surface area contributed by atoms with Gasteiger partial charge in [0.1, 0.15) is 0 Å². The Hall–Kier alpha value is -2.41. The molecule has 0 unspecified atom stereocenters. The molecule has 0 radical (unpaired) electrons. The summed E-state index contributed by atoms with van der Waals surface area (Å²) in [7, 11) is 4.65. The number of nitrogens with one attached hydrogen (secondary N) is 1. The minimum atomic E-state index is -0.129. The van der Waals surface area contributed by atoms with Crippen molar-refractivity contribution in [1.82, 2.24) is 5.32 Å². The van der Waals surface area contributed by atoms with Crippen LogP contribution in [0, 0.1) is 0 Å². The Labute approximate surface area is 161 Å². The molecular weight excluding hydrogens is 402 g/mol. The number of hydrogen-bond donors (Lipinski definition) is 2. The number of carbonyl (C=O) groups is 1. The third kappa shape index (κ3) is 4.82. The van der Waals surface area contributed by atoms with Crippen LogP contribution in [0.4, 0.5) is 0 Å². The van der Waals surface area contributed by atoms with E-state index in [2.05, 4.69) is 21.2 Å². The van der Waals surface area contributed by atoms with Gasteiger partial charge in [-0.25, -0.2) is 0 Å². The van der Waals surface area contributed by atoms with E-state index in [1.54, 1.807) is 26.4 Å². The van der Waals surface area contributed by atoms with Crippen LogP contribution >= 0.6 is 15.9 Å². The smallest absolute Gasteiger partial charge is 0.224 e. The van der Waals surface area contributed by atoms with Gasteiger partial charge in [0, 0.05) is 6.54 Å². The minimum Gasteiger partial charge on any atom is -0.503 e. The van der Waals surface area contributed by atoms with Gasteiger partial charge in [0.15, 0.2) is 23.0 Å². The van der Waals surface area contributed by atoms with Crippen molar-refractivity contribution in [2.45, 2.75) is 12.8 Å². The Bertz CT molecular complexity index is 779. The molecule has 1 amide bonds. The van der Waals surface area contributed by atoms with Gasteiger partial charge < -0.3 is 24.6 Å². The predicted molar refractivity (Wildman–Crippen MR) is 102 cm³/mol. The zero-order valence-corrected chi connectivity index (χ0v) is 16.6. The average molecular weight is 424 g/mol. The summed E-state index contributed by atoms with van der Waals surface area (Å²) in [5, 5.41) is 12.9. The maximum atomic E-state index is 12.2. The molecule has 140 valence electrons. The SMILES string of the molecule is COc1ccc(CCNC(=O)Cc2ccc(OC)c(O)c2Br)cc1OC. The molecule has 2 N–H and O–H groups in total. The summed E-state index contributed by atoms with van der Waals surface area (Å²) in [5.41, 5.74) is 1.72. The second kappa shape index (κ2) is 9.33. The van der Waals surface area contributed by atoms with Crippen LogP contribution in [0.3, 0.4) is 0 Å². The summed E-state index contributed by atoms with van der Waals surface area (Å²) in [4.78, 5) is 12.2. The van der Waals surface area contributed by atoms with E-state index in [1.165, 1.54) is 7.11 Å². The first kappa shape index (κ1) is 19.9. The summed E-state index contributed by atoms with van der Waals surface area (Å²) < 4.78 is 16.0. The zero-order chi connectivity index (χ0) is 19.1. The van der Waals surface area contributed by atoms with Crippen molar-refractivity contribution in [3.63, 3.8) is 0 Å². The lowest BCUT2D eigenvalue weighted by Gasteiger charge is -2.11. The van der Waals surface area contributed by atoms with Gasteiger partial charge in [-0.2, -0.15) is 0 Å². The van der Waals surface area contributed by atoms with E-state index >= 15 is 0 Å². The highest BCUT2D eigenvalue weighted by Crippen LogP contribution is 2.36. The number of phenols is 1. The molecule has 0 bridgehead atoms. The van der Waals surface area contributed by atoms with Crippen molar-refractivity contribution in [2.75, 3.05) is 27.9 Å². The van der Waals surface area contributed by atoms with Gasteiger partial charge >= 0.3 is 0 Å². The van der Waals surface area contributed by atoms with Crippen LogP contribution in [0.15, 0.2) is 34.8 Å². The molecule has 0 aliphatic carbocycles. The van der Waals surface area contributed by atoms with Crippen LogP contribution < -0.4 is 19.5 Å². The normalized spacial score (nSPS) is 10.3. The summed E-state index contributed by atoms with van der Waals surface area (Å²) in [6.45, 7) is 0.494. The quantitative estimate of drug-likeness (QED) is 0.681. The lowest BCUT2D eigenvalue weighted by atomic mass is 10.1. The molecule has 2 aromatic rings. The van der Waals surface area contributed by atoms with Crippen molar-refractivity contribution in [1.29, 1.82) is 0 Å². The van der Waals surface area contributed by atoms with Crippen LogP contribution in [0.25, 0.3) is 0 Å². The first-order valence-corrected chi connectivity index (χ1v) is 8.81. The first-order chi connectivity index (χ1) is 12.5. The van der Waals surface area contributed by atoms with Crippen LogP contribution in [0.5, 0.6) is 23.0 Å². The number of benzene rings is 2. The molecule has 0 spiro atoms. The fourth-order valence-corrected chi connectivity index (χ4v) is 2.98. The third-order valence-electron chi connectivity index (χ3n) is 3.91. The Morgan fingerprint density at radius 1 is 1.04 bits per heavy atom. The van der Waals surface area contributed by atoms with E-state index in [-0.39, 0.29) is 18.1 Å². The third-order valence-corrected chi connectivity index (χ3v) is 4.80. The molecule has 0 fully saturated rings. The van der Waals surface area contributed by atoms with Gasteiger partial charge in [-0.3, -0.25) is 4.79 Å². The Morgan fingerprint density at radius 2 is 1.69 bits per heavy atom. The Kier molecular flexibility index (Phi) is 7.15. The molecule has 7 heteroatoms. The number of halogens is 1. The maximum Gasteiger partial charge on any atom is 0.224 e. The van der Waals surface area contributed by atoms with Crippen LogP contribution in [-0.4, -0.2) is 38.9 Å². The van der Waals surface area contributed by atoms with Crippen molar-refractivity contribution in [3.8, 4) is 23.0 Å². The minimum absolute atomic E-state index is 0.0110. The Morgan fingerprint density at radius 3 is 2.35 bits per heavy atom. The number of methoxy groups -OCH3 is 3. The lowest BCUT2D eigenvalue weighted by molar-refractivity contribution is -0.120. The van der Waals surface area contributed by atoms with Crippen molar-refractivity contribution < 1.29 is 24.1 Å². The van der Waals surface area contributed by atoms with E-state index in [1.807, 2.05) is 18.2 Å². The maximum absolute atomic E-state index is 12.2. The monoisotopic (exact) mass is 423 g/mol. The van der Waals surface area contributed by atoms with Crippen LogP contribution in [-0.2, 0) is 17.6 Å². The van der Waals surface area contributed by atoms with Crippen molar-refractivity contribution >= 4 is 21.8 Å². The number of carbonyl (C=O) groups excluding carboxylic acids is 1. The molecule has 0 aliphatic heterocycles. The summed E-state index contributed by atoms with van der Waals surface area (Å²) in [6.07, 6.45) is 0.825. The molecular formula is C19H22BrNO5. The van der Waals surface area contributed by atoms with E-state index in [0.29, 0.717) is 40.3 Å². The number of phenolic OH excluding ortho intramolecular Hbond substituents is 1. The van der Waals surface area contributed by atoms with E-state index in [4.69, 9.17) is 14.2 Å². The molecule has 0 aromatic heterocycles. The van der Waals surface area contributed by atoms with Gasteiger partial charge in [0.25, 0.3) is 0 Å². The second-order valence-electron chi connectivity index (χ2n) is 5.56. The number of amides is 1. The molecule has 2 aromatic carbocycles. The summed E-state index contributed by atoms with van der Waals surface area (Å²) in [5.74, 6) is 1.55. The first-order valence-electron chi connectivity index (χ1n) is 8.02. The molecule has 0 heterocycles. The summed E-state index contributed by atoms with van der Waals surface area (Å²) >= 11 is 3.30. The molecule has 0 aliphatic rings. The number of hydrogen-bond acceptors (Lipinski definition) is 5. The molecule has 2 rings (SSSR count). The molecule has 0 saturated carbocycles. The molecule has 26 heavy (non-hydrogen) atoms. The van der Waals surface area contributed by atoms with Crippen LogP contribution in [0.1, 0.15) is 11.1 Å². The van der Waals surface area contributed by atoms with Gasteiger partial charge in [0.2, 0.25) is 5.91 Å². The van der Waals surface area contributed by atoms with E-state index in [9.17, 15) is 9.90 Å². The molecule has 0 atom stereocenters. The molecule has 6 nitrogen and oxygen atoms in total. The average Bonchev–Trinajstić information content (AvgIpc) is 2.65. The highest BCUT2D eigenvalue weighted by atomic mass is 79.9. The van der Waals surface area contributed by atoms with Gasteiger partial charge in [-0.1, -0.05) is 12.1 Å². The number of rotatable bonds is 8. The second-order valence-corrected chi connectivity index (χ2v) is 6.35. The lowest BCUT2D eigenvalue weighted by Crippen LogP contribution is -2.27. The standard InChI is InChI=1S/C19H22BrNO5/c1-24-14-6-4-12(10-16(14)26-3)8-9-21-17(22)11-13-5-7-15(25-2)19(23)18(13)20/h4-7,10,23H,8-9,11H2,1-3H3,(H,21,22). The topological polar surface area (TPSA) is 77.0 Å². The fourth-order valence-electron chi connectivity index (χ4n) is 2.51. The van der Waals surface area contributed by atoms with Crippen molar-refractivity contribution in [2.24, 2.45) is 0 Å². The Balaban J connectivity index is 1.91. The highest BCUT2D eigenvalue weighted by Gasteiger charge is 2.13. The van der Waals surface area contributed by atoms with E-state index < -0.39 is 0 Å². The fraction of sp³-hybridized carbons (Fsp3) is 0.316. The van der Waals surface area contributed by atoms with Crippen LogP contribution in [0.2, 0.25) is 0 Å².